The predicted molar refractivity (Wildman–Crippen MR) is 81.1 cm³/mol. The molecule has 0 spiro atoms. The number of hydrogen-bond donors (Lipinski definition) is 1. The van der Waals surface area contributed by atoms with Crippen molar-refractivity contribution in [2.24, 2.45) is 0 Å². The van der Waals surface area contributed by atoms with Crippen LogP contribution in [-0.2, 0) is 20.7 Å². The number of nitrogens with one attached hydrogen (secondary N) is 1. The second kappa shape index (κ2) is 7.69. The number of ether oxygens (including phenoxy) is 1. The van der Waals surface area contributed by atoms with Crippen LogP contribution in [0, 0.1) is 11.6 Å². The van der Waals surface area contributed by atoms with E-state index in [1.807, 2.05) is 0 Å². The van der Waals surface area contributed by atoms with Crippen molar-refractivity contribution in [1.82, 2.24) is 0 Å². The van der Waals surface area contributed by atoms with Crippen LogP contribution in [0.2, 0.25) is 5.02 Å². The molecule has 2 rings (SSSR count). The molecule has 0 radical (unpaired) electrons. The molecule has 0 saturated carbocycles. The molecule has 23 heavy (non-hydrogen) atoms. The maximum atomic E-state index is 13.5. The lowest BCUT2D eigenvalue weighted by Crippen LogP contribution is -2.22. The first-order chi connectivity index (χ1) is 11.0. The maximum Gasteiger partial charge on any atom is 0.310 e. The van der Waals surface area contributed by atoms with Crippen LogP contribution in [0.4, 0.5) is 14.5 Å². The molecule has 0 unspecified atom stereocenters. The van der Waals surface area contributed by atoms with Gasteiger partial charge in [-0.2, -0.15) is 0 Å². The van der Waals surface area contributed by atoms with Crippen molar-refractivity contribution in [3.05, 3.63) is 64.7 Å². The van der Waals surface area contributed by atoms with Gasteiger partial charge in [-0.15, -0.1) is 0 Å². The van der Waals surface area contributed by atoms with Crippen molar-refractivity contribution in [3.63, 3.8) is 0 Å². The van der Waals surface area contributed by atoms with Crippen LogP contribution < -0.4 is 5.32 Å². The van der Waals surface area contributed by atoms with E-state index in [4.69, 9.17) is 16.3 Å². The molecule has 0 aliphatic heterocycles. The summed E-state index contributed by atoms with van der Waals surface area (Å²) in [4.78, 5) is 23.2. The quantitative estimate of drug-likeness (QED) is 0.850. The summed E-state index contributed by atoms with van der Waals surface area (Å²) in [5.41, 5.74) is -0.0284. The number of benzene rings is 2. The maximum absolute atomic E-state index is 13.5. The smallest absolute Gasteiger partial charge is 0.310 e. The molecule has 4 nitrogen and oxygen atoms in total. The first-order valence-electron chi connectivity index (χ1n) is 6.60. The topological polar surface area (TPSA) is 55.4 Å². The van der Waals surface area contributed by atoms with Gasteiger partial charge >= 0.3 is 5.97 Å². The Morgan fingerprint density at radius 2 is 1.74 bits per heavy atom. The zero-order chi connectivity index (χ0) is 16.8. The molecule has 0 bridgehead atoms. The van der Waals surface area contributed by atoms with Gasteiger partial charge in [0.05, 0.1) is 12.1 Å². The number of carbonyl (C=O) groups is 2. The molecular formula is C16H12ClF2NO3. The van der Waals surface area contributed by atoms with Crippen LogP contribution in [0.25, 0.3) is 0 Å². The Hall–Kier alpha value is -2.47. The number of amides is 1. The summed E-state index contributed by atoms with van der Waals surface area (Å²) in [7, 11) is 0. The summed E-state index contributed by atoms with van der Waals surface area (Å²) in [6.07, 6.45) is -0.404. The molecule has 7 heteroatoms. The Bertz CT molecular complexity index is 717. The highest BCUT2D eigenvalue weighted by Gasteiger charge is 2.14. The Balaban J connectivity index is 1.87. The van der Waals surface area contributed by atoms with E-state index in [0.717, 1.165) is 0 Å². The lowest BCUT2D eigenvalue weighted by molar-refractivity contribution is -0.146. The van der Waals surface area contributed by atoms with Crippen LogP contribution in [0.5, 0.6) is 0 Å². The molecule has 0 atom stereocenters. The number of esters is 1. The first-order valence-corrected chi connectivity index (χ1v) is 6.98. The molecule has 0 saturated heterocycles. The number of halogens is 3. The summed E-state index contributed by atoms with van der Waals surface area (Å²) < 4.78 is 31.6. The van der Waals surface area contributed by atoms with Gasteiger partial charge in [-0.25, -0.2) is 8.78 Å². The Labute approximate surface area is 136 Å². The van der Waals surface area contributed by atoms with Crippen LogP contribution in [0.15, 0.2) is 42.5 Å². The molecule has 120 valence electrons. The summed E-state index contributed by atoms with van der Waals surface area (Å²) in [6, 6.07) is 9.59. The number of carbonyl (C=O) groups excluding carboxylic acids is 2. The predicted octanol–water partition coefficient (Wildman–Crippen LogP) is 3.34. The average molecular weight is 340 g/mol. The van der Waals surface area contributed by atoms with E-state index in [1.165, 1.54) is 36.4 Å². The van der Waals surface area contributed by atoms with Gasteiger partial charge in [0.2, 0.25) is 0 Å². The van der Waals surface area contributed by atoms with E-state index in [1.54, 1.807) is 6.07 Å². The van der Waals surface area contributed by atoms with Crippen molar-refractivity contribution >= 4 is 29.2 Å². The second-order valence-corrected chi connectivity index (χ2v) is 4.97. The summed E-state index contributed by atoms with van der Waals surface area (Å²) in [6.45, 7) is -0.612. The fraction of sp³-hybridized carbons (Fsp3) is 0.125. The lowest BCUT2D eigenvalue weighted by atomic mass is 10.1. The van der Waals surface area contributed by atoms with E-state index < -0.39 is 36.5 Å². The fourth-order valence-corrected chi connectivity index (χ4v) is 2.02. The summed E-state index contributed by atoms with van der Waals surface area (Å²) >= 11 is 5.79. The van der Waals surface area contributed by atoms with Gasteiger partial charge in [0.25, 0.3) is 5.91 Å². The Kier molecular flexibility index (Phi) is 5.65. The van der Waals surface area contributed by atoms with Crippen LogP contribution >= 0.6 is 11.6 Å². The number of anilines is 1. The fourth-order valence-electron chi connectivity index (χ4n) is 1.79. The molecule has 0 fully saturated rings. The minimum atomic E-state index is -0.819. The molecule has 0 heterocycles. The largest absolute Gasteiger partial charge is 0.455 e. The normalized spacial score (nSPS) is 10.2. The van der Waals surface area contributed by atoms with Gasteiger partial charge in [-0.05, 0) is 24.3 Å². The zero-order valence-electron chi connectivity index (χ0n) is 11.8. The monoisotopic (exact) mass is 339 g/mol. The molecule has 0 aliphatic carbocycles. The number of para-hydroxylation sites is 1. The van der Waals surface area contributed by atoms with Gasteiger partial charge in [-0.3, -0.25) is 9.59 Å². The SMILES string of the molecule is O=C(COC(=O)Cc1c(F)cccc1Cl)Nc1ccccc1F. The molecule has 1 N–H and O–H groups in total. The zero-order valence-corrected chi connectivity index (χ0v) is 12.6. The third kappa shape index (κ3) is 4.75. The van der Waals surface area contributed by atoms with Gasteiger partial charge < -0.3 is 10.1 Å². The number of rotatable bonds is 5. The second-order valence-electron chi connectivity index (χ2n) is 4.57. The van der Waals surface area contributed by atoms with Gasteiger partial charge in [0, 0.05) is 10.6 Å². The van der Waals surface area contributed by atoms with Crippen molar-refractivity contribution in [2.75, 3.05) is 11.9 Å². The summed E-state index contributed by atoms with van der Waals surface area (Å²) in [5, 5.41) is 2.36. The standard InChI is InChI=1S/C16H12ClF2NO3/c17-11-4-3-6-12(18)10(11)8-16(22)23-9-15(21)20-14-7-2-1-5-13(14)19/h1-7H,8-9H2,(H,20,21). The molecule has 1 amide bonds. The van der Waals surface area contributed by atoms with Gasteiger partial charge in [-0.1, -0.05) is 29.8 Å². The highest BCUT2D eigenvalue weighted by atomic mass is 35.5. The van der Waals surface area contributed by atoms with Crippen LogP contribution in [0.1, 0.15) is 5.56 Å². The van der Waals surface area contributed by atoms with E-state index in [2.05, 4.69) is 5.32 Å². The van der Waals surface area contributed by atoms with Gasteiger partial charge in [0.15, 0.2) is 6.61 Å². The van der Waals surface area contributed by atoms with E-state index in [-0.39, 0.29) is 16.3 Å². The van der Waals surface area contributed by atoms with E-state index in [0.29, 0.717) is 0 Å². The van der Waals surface area contributed by atoms with Crippen molar-refractivity contribution in [2.45, 2.75) is 6.42 Å². The van der Waals surface area contributed by atoms with Crippen molar-refractivity contribution in [1.29, 1.82) is 0 Å². The van der Waals surface area contributed by atoms with Crippen LogP contribution in [-0.4, -0.2) is 18.5 Å². The van der Waals surface area contributed by atoms with E-state index in [9.17, 15) is 18.4 Å². The Morgan fingerprint density at radius 3 is 2.43 bits per heavy atom. The van der Waals surface area contributed by atoms with Crippen LogP contribution in [0.3, 0.4) is 0 Å². The number of hydrogen-bond acceptors (Lipinski definition) is 3. The summed E-state index contributed by atoms with van der Waals surface area (Å²) in [5.74, 6) is -2.76. The third-order valence-electron chi connectivity index (χ3n) is 2.89. The highest BCUT2D eigenvalue weighted by molar-refractivity contribution is 6.31. The molecule has 0 aromatic heterocycles. The lowest BCUT2D eigenvalue weighted by Gasteiger charge is -2.08. The minimum absolute atomic E-state index is 0.00585. The van der Waals surface area contributed by atoms with Gasteiger partial charge in [0.1, 0.15) is 11.6 Å². The molecular weight excluding hydrogens is 328 g/mol. The first kappa shape index (κ1) is 16.9. The average Bonchev–Trinajstić information content (AvgIpc) is 2.51. The molecule has 2 aromatic rings. The minimum Gasteiger partial charge on any atom is -0.455 e. The third-order valence-corrected chi connectivity index (χ3v) is 3.25. The Morgan fingerprint density at radius 1 is 1.04 bits per heavy atom. The molecule has 2 aromatic carbocycles. The van der Waals surface area contributed by atoms with E-state index >= 15 is 0 Å². The molecule has 0 aliphatic rings. The van der Waals surface area contributed by atoms with Crippen molar-refractivity contribution in [3.8, 4) is 0 Å². The highest BCUT2D eigenvalue weighted by Crippen LogP contribution is 2.19. The van der Waals surface area contributed by atoms with Crippen molar-refractivity contribution < 1.29 is 23.1 Å².